The lowest BCUT2D eigenvalue weighted by atomic mass is 9.82. The first-order valence-corrected chi connectivity index (χ1v) is 8.25. The normalized spacial score (nSPS) is 21.3. The molecular formula is C12H25N3O3S. The monoisotopic (exact) mass is 291 g/mol. The summed E-state index contributed by atoms with van der Waals surface area (Å²) in [5.74, 6) is -0.0230. The van der Waals surface area contributed by atoms with Gasteiger partial charge in [0.15, 0.2) is 5.84 Å². The number of nitrogens with zero attached hydrogens (tertiary/aromatic N) is 1. The SMILES string of the molecule is CC(C)(C)CS(=O)(=O)NC1(C(N)=NO)CCCCC1. The van der Waals surface area contributed by atoms with E-state index in [4.69, 9.17) is 10.9 Å². The van der Waals surface area contributed by atoms with Crippen LogP contribution < -0.4 is 10.5 Å². The summed E-state index contributed by atoms with van der Waals surface area (Å²) in [7, 11) is -3.47. The van der Waals surface area contributed by atoms with Gasteiger partial charge in [-0.05, 0) is 18.3 Å². The number of hydrogen-bond acceptors (Lipinski definition) is 4. The van der Waals surface area contributed by atoms with Gasteiger partial charge in [0.1, 0.15) is 0 Å². The predicted octanol–water partition coefficient (Wildman–Crippen LogP) is 1.40. The minimum Gasteiger partial charge on any atom is -0.409 e. The molecule has 1 rings (SSSR count). The van der Waals surface area contributed by atoms with E-state index in [1.807, 2.05) is 20.8 Å². The van der Waals surface area contributed by atoms with Gasteiger partial charge in [0.25, 0.3) is 0 Å². The molecule has 0 radical (unpaired) electrons. The van der Waals surface area contributed by atoms with Gasteiger partial charge in [0.2, 0.25) is 10.0 Å². The molecule has 0 amide bonds. The highest BCUT2D eigenvalue weighted by molar-refractivity contribution is 7.89. The van der Waals surface area contributed by atoms with Crippen molar-refractivity contribution in [1.29, 1.82) is 0 Å². The Labute approximate surface area is 115 Å². The van der Waals surface area contributed by atoms with Crippen molar-refractivity contribution in [3.8, 4) is 0 Å². The molecule has 1 saturated carbocycles. The highest BCUT2D eigenvalue weighted by atomic mass is 32.2. The third-order valence-electron chi connectivity index (χ3n) is 3.28. The van der Waals surface area contributed by atoms with Crippen molar-refractivity contribution in [2.24, 2.45) is 16.3 Å². The van der Waals surface area contributed by atoms with Crippen molar-refractivity contribution >= 4 is 15.9 Å². The van der Waals surface area contributed by atoms with E-state index in [9.17, 15) is 8.42 Å². The van der Waals surface area contributed by atoms with Crippen LogP contribution in [0.15, 0.2) is 5.16 Å². The lowest BCUT2D eigenvalue weighted by molar-refractivity contribution is 0.293. The molecule has 0 aromatic rings. The molecule has 4 N–H and O–H groups in total. The standard InChI is InChI=1S/C12H25N3O3S/c1-11(2,3)9-19(17,18)15-12(10(13)14-16)7-5-4-6-8-12/h15-16H,4-9H2,1-3H3,(H2,13,14). The summed E-state index contributed by atoms with van der Waals surface area (Å²) >= 11 is 0. The fraction of sp³-hybridized carbons (Fsp3) is 0.917. The summed E-state index contributed by atoms with van der Waals surface area (Å²) in [6.07, 6.45) is 3.93. The van der Waals surface area contributed by atoms with Crippen LogP contribution in [0.25, 0.3) is 0 Å². The van der Waals surface area contributed by atoms with E-state index in [2.05, 4.69) is 9.88 Å². The van der Waals surface area contributed by atoms with Crippen LogP contribution >= 0.6 is 0 Å². The number of hydrogen-bond donors (Lipinski definition) is 3. The molecule has 1 fully saturated rings. The quantitative estimate of drug-likeness (QED) is 0.315. The predicted molar refractivity (Wildman–Crippen MR) is 75.6 cm³/mol. The zero-order valence-electron chi connectivity index (χ0n) is 11.9. The molecule has 112 valence electrons. The summed E-state index contributed by atoms with van der Waals surface area (Å²) in [6, 6.07) is 0. The first-order chi connectivity index (χ1) is 8.60. The van der Waals surface area contributed by atoms with Gasteiger partial charge < -0.3 is 10.9 Å². The van der Waals surface area contributed by atoms with Crippen LogP contribution in [0.3, 0.4) is 0 Å². The fourth-order valence-electron chi connectivity index (χ4n) is 2.57. The highest BCUT2D eigenvalue weighted by Gasteiger charge is 2.40. The summed E-state index contributed by atoms with van der Waals surface area (Å²) in [6.45, 7) is 5.59. The maximum atomic E-state index is 12.2. The topological polar surface area (TPSA) is 105 Å². The number of amidine groups is 1. The Morgan fingerprint density at radius 3 is 2.26 bits per heavy atom. The van der Waals surface area contributed by atoms with Crippen LogP contribution in [0.5, 0.6) is 0 Å². The van der Waals surface area contributed by atoms with E-state index in [0.717, 1.165) is 19.3 Å². The van der Waals surface area contributed by atoms with Gasteiger partial charge in [-0.2, -0.15) is 0 Å². The van der Waals surface area contributed by atoms with E-state index in [-0.39, 0.29) is 17.0 Å². The second-order valence-electron chi connectivity index (χ2n) is 6.55. The molecule has 0 spiro atoms. The molecule has 1 aliphatic rings. The number of rotatable bonds is 4. The van der Waals surface area contributed by atoms with Gasteiger partial charge >= 0.3 is 0 Å². The minimum atomic E-state index is -3.47. The Bertz CT molecular complexity index is 432. The van der Waals surface area contributed by atoms with Gasteiger partial charge in [0, 0.05) is 0 Å². The van der Waals surface area contributed by atoms with Crippen LogP contribution in [0, 0.1) is 5.41 Å². The van der Waals surface area contributed by atoms with Crippen molar-refractivity contribution < 1.29 is 13.6 Å². The number of sulfonamides is 1. The van der Waals surface area contributed by atoms with Crippen LogP contribution in [-0.2, 0) is 10.0 Å². The van der Waals surface area contributed by atoms with Gasteiger partial charge in [-0.1, -0.05) is 45.2 Å². The highest BCUT2D eigenvalue weighted by Crippen LogP contribution is 2.30. The minimum absolute atomic E-state index is 0.0143. The molecule has 0 saturated heterocycles. The first-order valence-electron chi connectivity index (χ1n) is 6.60. The van der Waals surface area contributed by atoms with E-state index >= 15 is 0 Å². The van der Waals surface area contributed by atoms with Gasteiger partial charge in [-0.15, -0.1) is 0 Å². The Morgan fingerprint density at radius 1 is 1.32 bits per heavy atom. The maximum absolute atomic E-state index is 12.2. The second kappa shape index (κ2) is 5.66. The lowest BCUT2D eigenvalue weighted by Crippen LogP contribution is -2.59. The summed E-state index contributed by atoms with van der Waals surface area (Å²) in [5, 5.41) is 11.9. The fourth-order valence-corrected chi connectivity index (χ4v) is 4.68. The Kier molecular flexibility index (Phi) is 4.84. The van der Waals surface area contributed by atoms with Gasteiger partial charge in [-0.3, -0.25) is 0 Å². The zero-order valence-corrected chi connectivity index (χ0v) is 12.8. The summed E-state index contributed by atoms with van der Waals surface area (Å²) < 4.78 is 27.1. The molecule has 0 heterocycles. The van der Waals surface area contributed by atoms with Crippen molar-refractivity contribution in [3.63, 3.8) is 0 Å². The maximum Gasteiger partial charge on any atom is 0.213 e. The van der Waals surface area contributed by atoms with Crippen molar-refractivity contribution in [3.05, 3.63) is 0 Å². The second-order valence-corrected chi connectivity index (χ2v) is 8.27. The molecule has 19 heavy (non-hydrogen) atoms. The largest absolute Gasteiger partial charge is 0.409 e. The molecule has 0 bridgehead atoms. The summed E-state index contributed by atoms with van der Waals surface area (Å²) in [4.78, 5) is 0. The molecule has 1 aliphatic carbocycles. The Balaban J connectivity index is 2.96. The molecular weight excluding hydrogens is 266 g/mol. The zero-order chi connectivity index (χ0) is 14.7. The number of nitrogens with one attached hydrogen (secondary N) is 1. The van der Waals surface area contributed by atoms with Crippen LogP contribution in [0.4, 0.5) is 0 Å². The third kappa shape index (κ3) is 4.65. The first kappa shape index (κ1) is 16.2. The van der Waals surface area contributed by atoms with E-state index in [1.165, 1.54) is 0 Å². The molecule has 0 unspecified atom stereocenters. The van der Waals surface area contributed by atoms with Crippen molar-refractivity contribution in [2.75, 3.05) is 5.75 Å². The third-order valence-corrected chi connectivity index (χ3v) is 5.23. The van der Waals surface area contributed by atoms with Crippen molar-refractivity contribution in [1.82, 2.24) is 4.72 Å². The number of nitrogens with two attached hydrogens (primary N) is 1. The molecule has 0 atom stereocenters. The van der Waals surface area contributed by atoms with Crippen LogP contribution in [0.2, 0.25) is 0 Å². The van der Waals surface area contributed by atoms with E-state index < -0.39 is 15.6 Å². The Hall–Kier alpha value is -0.820. The molecule has 6 nitrogen and oxygen atoms in total. The van der Waals surface area contributed by atoms with Crippen LogP contribution in [-0.4, -0.2) is 30.8 Å². The molecule has 0 aromatic heterocycles. The average molecular weight is 291 g/mol. The van der Waals surface area contributed by atoms with Gasteiger partial charge in [-0.25, -0.2) is 13.1 Å². The molecule has 7 heteroatoms. The summed E-state index contributed by atoms with van der Waals surface area (Å²) in [5.41, 5.74) is 4.47. The molecule has 0 aromatic carbocycles. The van der Waals surface area contributed by atoms with Crippen LogP contribution in [0.1, 0.15) is 52.9 Å². The van der Waals surface area contributed by atoms with Gasteiger partial charge in [0.05, 0.1) is 11.3 Å². The smallest absolute Gasteiger partial charge is 0.213 e. The molecule has 0 aliphatic heterocycles. The average Bonchev–Trinajstić information content (AvgIpc) is 2.25. The lowest BCUT2D eigenvalue weighted by Gasteiger charge is -2.37. The van der Waals surface area contributed by atoms with Crippen molar-refractivity contribution in [2.45, 2.75) is 58.4 Å². The van der Waals surface area contributed by atoms with E-state index in [1.54, 1.807) is 0 Å². The Morgan fingerprint density at radius 2 is 1.84 bits per heavy atom. The van der Waals surface area contributed by atoms with E-state index in [0.29, 0.717) is 12.8 Å². The number of oxime groups is 1.